The van der Waals surface area contributed by atoms with E-state index in [2.05, 4.69) is 0 Å². The van der Waals surface area contributed by atoms with Crippen molar-refractivity contribution < 1.29 is 14.3 Å². The number of halogens is 1. The summed E-state index contributed by atoms with van der Waals surface area (Å²) in [6, 6.07) is 6.72. The molecule has 1 amide bonds. The van der Waals surface area contributed by atoms with Crippen molar-refractivity contribution in [2.45, 2.75) is 31.8 Å². The van der Waals surface area contributed by atoms with Crippen molar-refractivity contribution in [2.75, 3.05) is 13.1 Å². The molecule has 0 aromatic heterocycles. The lowest BCUT2D eigenvalue weighted by Crippen LogP contribution is -2.31. The zero-order chi connectivity index (χ0) is 14.3. The van der Waals surface area contributed by atoms with Crippen molar-refractivity contribution in [3.63, 3.8) is 0 Å². The van der Waals surface area contributed by atoms with Crippen molar-refractivity contribution in [1.82, 2.24) is 4.90 Å². The Morgan fingerprint density at radius 3 is 2.85 bits per heavy atom. The summed E-state index contributed by atoms with van der Waals surface area (Å²) in [6.45, 7) is 3.13. The molecule has 0 radical (unpaired) electrons. The molecule has 4 atom stereocenters. The zero-order valence-corrected chi connectivity index (χ0v) is 11.6. The van der Waals surface area contributed by atoms with Crippen molar-refractivity contribution in [1.29, 1.82) is 0 Å². The van der Waals surface area contributed by atoms with E-state index in [-0.39, 0.29) is 35.6 Å². The second-order valence-electron chi connectivity index (χ2n) is 6.04. The highest BCUT2D eigenvalue weighted by molar-refractivity contribution is 5.83. The van der Waals surface area contributed by atoms with Gasteiger partial charge in [-0.2, -0.15) is 0 Å². The number of rotatable bonds is 3. The van der Waals surface area contributed by atoms with E-state index in [1.165, 1.54) is 6.07 Å². The van der Waals surface area contributed by atoms with Gasteiger partial charge in [0.15, 0.2) is 0 Å². The molecule has 1 N–H and O–H groups in total. The predicted octanol–water partition coefficient (Wildman–Crippen LogP) is 2.16. The van der Waals surface area contributed by atoms with E-state index in [4.69, 9.17) is 0 Å². The first-order chi connectivity index (χ1) is 9.58. The van der Waals surface area contributed by atoms with E-state index < -0.39 is 0 Å². The minimum Gasteiger partial charge on any atom is -0.393 e. The summed E-state index contributed by atoms with van der Waals surface area (Å²) in [5, 5.41) is 9.58. The molecule has 0 spiro atoms. The first-order valence-corrected chi connectivity index (χ1v) is 7.29. The molecule has 108 valence electrons. The third kappa shape index (κ3) is 2.44. The topological polar surface area (TPSA) is 40.5 Å². The minimum atomic E-state index is -0.366. The second kappa shape index (κ2) is 5.17. The third-order valence-electron chi connectivity index (χ3n) is 4.63. The summed E-state index contributed by atoms with van der Waals surface area (Å²) in [6.07, 6.45) is 1.24. The van der Waals surface area contributed by atoms with Crippen LogP contribution in [0, 0.1) is 17.7 Å². The van der Waals surface area contributed by atoms with Crippen LogP contribution in [-0.2, 0) is 4.79 Å². The lowest BCUT2D eigenvalue weighted by atomic mass is 10.0. The van der Waals surface area contributed by atoms with Crippen LogP contribution in [-0.4, -0.2) is 35.1 Å². The number of amides is 1. The maximum Gasteiger partial charge on any atom is 0.226 e. The van der Waals surface area contributed by atoms with Gasteiger partial charge in [-0.15, -0.1) is 0 Å². The van der Waals surface area contributed by atoms with Crippen LogP contribution in [0.15, 0.2) is 24.3 Å². The highest BCUT2D eigenvalue weighted by Crippen LogP contribution is 2.49. The molecule has 2 fully saturated rings. The number of benzene rings is 1. The van der Waals surface area contributed by atoms with E-state index in [0.29, 0.717) is 12.1 Å². The van der Waals surface area contributed by atoms with Crippen molar-refractivity contribution in [3.05, 3.63) is 35.6 Å². The molecule has 3 rings (SSSR count). The van der Waals surface area contributed by atoms with E-state index in [9.17, 15) is 14.3 Å². The quantitative estimate of drug-likeness (QED) is 0.919. The van der Waals surface area contributed by atoms with Gasteiger partial charge >= 0.3 is 0 Å². The lowest BCUT2D eigenvalue weighted by molar-refractivity contribution is -0.131. The van der Waals surface area contributed by atoms with E-state index in [1.54, 1.807) is 19.1 Å². The Morgan fingerprint density at radius 1 is 1.45 bits per heavy atom. The predicted molar refractivity (Wildman–Crippen MR) is 73.6 cm³/mol. The van der Waals surface area contributed by atoms with Gasteiger partial charge in [0.1, 0.15) is 5.82 Å². The number of aliphatic hydroxyl groups is 1. The molecule has 1 aliphatic heterocycles. The Balaban J connectivity index is 1.63. The number of nitrogens with zero attached hydrogens (tertiary/aromatic N) is 1. The largest absolute Gasteiger partial charge is 0.393 e. The van der Waals surface area contributed by atoms with Crippen LogP contribution in [0.4, 0.5) is 4.39 Å². The van der Waals surface area contributed by atoms with Gasteiger partial charge in [0.25, 0.3) is 0 Å². The van der Waals surface area contributed by atoms with Crippen molar-refractivity contribution >= 4 is 5.91 Å². The Bertz CT molecular complexity index is 517. The average molecular weight is 277 g/mol. The Morgan fingerprint density at radius 2 is 2.20 bits per heavy atom. The van der Waals surface area contributed by atoms with Crippen molar-refractivity contribution in [3.8, 4) is 0 Å². The first-order valence-electron chi connectivity index (χ1n) is 7.29. The molecule has 1 aromatic rings. The van der Waals surface area contributed by atoms with Crippen LogP contribution in [0.5, 0.6) is 0 Å². The van der Waals surface area contributed by atoms with Crippen molar-refractivity contribution in [2.24, 2.45) is 11.8 Å². The molecule has 1 saturated carbocycles. The Hall–Kier alpha value is -1.42. The molecule has 4 heteroatoms. The summed E-state index contributed by atoms with van der Waals surface area (Å²) in [7, 11) is 0. The fourth-order valence-corrected chi connectivity index (χ4v) is 3.20. The van der Waals surface area contributed by atoms with Gasteiger partial charge in [-0.3, -0.25) is 4.79 Å². The van der Waals surface area contributed by atoms with Gasteiger partial charge in [-0.1, -0.05) is 18.2 Å². The molecule has 1 aromatic carbocycles. The normalized spacial score (nSPS) is 30.4. The molecular formula is C16H20FNO2. The molecule has 4 unspecified atom stereocenters. The number of likely N-dealkylation sites (tertiary alicyclic amines) is 1. The zero-order valence-electron chi connectivity index (χ0n) is 11.6. The maximum absolute atomic E-state index is 13.7. The standard InChI is InChI=1S/C16H20FNO2/c1-10(19)11-6-7-18(9-11)16(20)14-8-13(14)12-4-2-3-5-15(12)17/h2-5,10-11,13-14,19H,6-9H2,1H3. The fraction of sp³-hybridized carbons (Fsp3) is 0.562. The number of hydrogen-bond acceptors (Lipinski definition) is 2. The molecule has 0 bridgehead atoms. The van der Waals surface area contributed by atoms with Crippen LogP contribution >= 0.6 is 0 Å². The van der Waals surface area contributed by atoms with Crippen LogP contribution in [0.1, 0.15) is 31.2 Å². The Labute approximate surface area is 118 Å². The lowest BCUT2D eigenvalue weighted by Gasteiger charge is -2.18. The van der Waals surface area contributed by atoms with Gasteiger partial charge in [0.05, 0.1) is 6.10 Å². The van der Waals surface area contributed by atoms with E-state index in [0.717, 1.165) is 19.4 Å². The highest BCUT2D eigenvalue weighted by atomic mass is 19.1. The average Bonchev–Trinajstić information content (AvgIpc) is 3.05. The number of aliphatic hydroxyl groups excluding tert-OH is 1. The van der Waals surface area contributed by atoms with E-state index >= 15 is 0 Å². The highest BCUT2D eigenvalue weighted by Gasteiger charge is 2.47. The molecule has 3 nitrogen and oxygen atoms in total. The van der Waals surface area contributed by atoms with Gasteiger partial charge in [0.2, 0.25) is 5.91 Å². The maximum atomic E-state index is 13.7. The van der Waals surface area contributed by atoms with Crippen LogP contribution in [0.25, 0.3) is 0 Å². The summed E-state index contributed by atoms with van der Waals surface area (Å²) in [4.78, 5) is 14.2. The van der Waals surface area contributed by atoms with Crippen LogP contribution in [0.2, 0.25) is 0 Å². The van der Waals surface area contributed by atoms with Crippen LogP contribution < -0.4 is 0 Å². The molecule has 1 aliphatic carbocycles. The smallest absolute Gasteiger partial charge is 0.226 e. The molecule has 20 heavy (non-hydrogen) atoms. The Kier molecular flexibility index (Phi) is 3.50. The molecular weight excluding hydrogens is 257 g/mol. The molecule has 2 aliphatic rings. The summed E-state index contributed by atoms with van der Waals surface area (Å²) < 4.78 is 13.7. The van der Waals surface area contributed by atoms with Gasteiger partial charge in [-0.25, -0.2) is 4.39 Å². The summed E-state index contributed by atoms with van der Waals surface area (Å²) >= 11 is 0. The second-order valence-corrected chi connectivity index (χ2v) is 6.04. The summed E-state index contributed by atoms with van der Waals surface area (Å²) in [5.41, 5.74) is 0.664. The van der Waals surface area contributed by atoms with Gasteiger partial charge in [0, 0.05) is 24.9 Å². The molecule has 1 saturated heterocycles. The first kappa shape index (κ1) is 13.6. The SMILES string of the molecule is CC(O)C1CCN(C(=O)C2CC2c2ccccc2F)C1. The van der Waals surface area contributed by atoms with Gasteiger partial charge < -0.3 is 10.0 Å². The van der Waals surface area contributed by atoms with Crippen LogP contribution in [0.3, 0.4) is 0 Å². The number of hydrogen-bond donors (Lipinski definition) is 1. The van der Waals surface area contributed by atoms with E-state index in [1.807, 2.05) is 11.0 Å². The number of carbonyl (C=O) groups is 1. The minimum absolute atomic E-state index is 0.0364. The molecule has 1 heterocycles. The summed E-state index contributed by atoms with van der Waals surface area (Å²) in [5.74, 6) is 0.0658. The fourth-order valence-electron chi connectivity index (χ4n) is 3.20. The van der Waals surface area contributed by atoms with Gasteiger partial charge in [-0.05, 0) is 37.3 Å². The number of carbonyl (C=O) groups excluding carboxylic acids is 1. The third-order valence-corrected chi connectivity index (χ3v) is 4.63. The monoisotopic (exact) mass is 277 g/mol.